The van der Waals surface area contributed by atoms with Gasteiger partial charge in [0.25, 0.3) is 5.91 Å². The number of aryl methyl sites for hydroxylation is 2. The molecule has 0 fully saturated rings. The average molecular weight is 428 g/mol. The molecule has 0 aliphatic heterocycles. The van der Waals surface area contributed by atoms with Crippen LogP contribution in [0.15, 0.2) is 46.0 Å². The van der Waals surface area contributed by atoms with E-state index in [1.165, 1.54) is 27.7 Å². The molecule has 4 aromatic rings. The Labute approximate surface area is 173 Å². The first kappa shape index (κ1) is 19.7. The molecule has 3 aromatic heterocycles. The van der Waals surface area contributed by atoms with Crippen LogP contribution >= 0.6 is 11.3 Å². The summed E-state index contributed by atoms with van der Waals surface area (Å²) in [6, 6.07) is 7.57. The van der Waals surface area contributed by atoms with Crippen LogP contribution in [-0.2, 0) is 13.1 Å². The summed E-state index contributed by atoms with van der Waals surface area (Å²) in [5, 5.41) is 11.0. The lowest BCUT2D eigenvalue weighted by molar-refractivity contribution is 0.0953. The number of carbonyl (C=O) groups excluding carboxylic acids is 1. The Hall–Kier alpha value is -3.60. The van der Waals surface area contributed by atoms with Gasteiger partial charge in [-0.3, -0.25) is 4.79 Å². The zero-order valence-electron chi connectivity index (χ0n) is 16.1. The summed E-state index contributed by atoms with van der Waals surface area (Å²) in [4.78, 5) is 29.9. The number of thiazole rings is 1. The molecule has 1 N–H and O–H groups in total. The number of halogens is 1. The number of benzene rings is 1. The van der Waals surface area contributed by atoms with E-state index in [1.807, 2.05) is 0 Å². The first-order valence-corrected chi connectivity index (χ1v) is 9.79. The van der Waals surface area contributed by atoms with Crippen LogP contribution in [0.1, 0.15) is 32.4 Å². The third-order valence-corrected chi connectivity index (χ3v) is 5.44. The highest BCUT2D eigenvalue weighted by molar-refractivity contribution is 7.16. The van der Waals surface area contributed by atoms with Crippen LogP contribution in [0.4, 0.5) is 4.39 Å². The van der Waals surface area contributed by atoms with Crippen molar-refractivity contribution < 1.29 is 13.7 Å². The maximum absolute atomic E-state index is 13.1. The van der Waals surface area contributed by atoms with Gasteiger partial charge in [-0.1, -0.05) is 28.6 Å². The van der Waals surface area contributed by atoms with Gasteiger partial charge in [-0.15, -0.1) is 0 Å². The van der Waals surface area contributed by atoms with Crippen LogP contribution in [0.5, 0.6) is 0 Å². The second-order valence-corrected chi connectivity index (χ2v) is 7.57. The molecule has 0 spiro atoms. The molecule has 1 aromatic carbocycles. The predicted octanol–water partition coefficient (Wildman–Crippen LogP) is 2.21. The minimum Gasteiger partial charge on any atom is -0.361 e. The molecule has 9 nitrogen and oxygen atoms in total. The lowest BCUT2D eigenvalue weighted by Crippen LogP contribution is -2.24. The lowest BCUT2D eigenvalue weighted by Gasteiger charge is -2.00. The zero-order chi connectivity index (χ0) is 21.3. The first-order valence-electron chi connectivity index (χ1n) is 8.98. The minimum absolute atomic E-state index is 0.195. The van der Waals surface area contributed by atoms with E-state index < -0.39 is 5.69 Å². The van der Waals surface area contributed by atoms with Crippen molar-refractivity contribution in [2.24, 2.45) is 0 Å². The molecule has 0 atom stereocenters. The Bertz CT molecular complexity index is 1250. The quantitative estimate of drug-likeness (QED) is 0.505. The van der Waals surface area contributed by atoms with Gasteiger partial charge in [-0.2, -0.15) is 5.10 Å². The van der Waals surface area contributed by atoms with Crippen molar-refractivity contribution in [3.63, 3.8) is 0 Å². The van der Waals surface area contributed by atoms with Crippen molar-refractivity contribution in [2.75, 3.05) is 0 Å². The van der Waals surface area contributed by atoms with Gasteiger partial charge in [-0.25, -0.2) is 23.4 Å². The van der Waals surface area contributed by atoms with E-state index in [2.05, 4.69) is 20.6 Å². The third-order valence-electron chi connectivity index (χ3n) is 4.28. The first-order chi connectivity index (χ1) is 14.4. The molecule has 4 rings (SSSR count). The monoisotopic (exact) mass is 428 g/mol. The van der Waals surface area contributed by atoms with Crippen LogP contribution in [-0.4, -0.2) is 30.4 Å². The molecule has 11 heteroatoms. The Kier molecular flexibility index (Phi) is 5.27. The van der Waals surface area contributed by atoms with Crippen molar-refractivity contribution >= 4 is 17.2 Å². The molecule has 1 amide bonds. The van der Waals surface area contributed by atoms with E-state index in [9.17, 15) is 14.0 Å². The summed E-state index contributed by atoms with van der Waals surface area (Å²) in [6.45, 7) is 3.88. The molecule has 0 aliphatic carbocycles. The number of nitrogens with one attached hydrogen (secondary N) is 1. The van der Waals surface area contributed by atoms with E-state index in [-0.39, 0.29) is 24.8 Å². The van der Waals surface area contributed by atoms with Crippen molar-refractivity contribution in [3.05, 3.63) is 80.5 Å². The number of aromatic nitrogens is 5. The highest BCUT2D eigenvalue weighted by Crippen LogP contribution is 2.20. The standard InChI is InChI=1S/C19H17FN6O3S/c1-11-7-15(24-29-11)8-21-17(27)16-12(2)23-18(30-16)25-10-22-26(19(25)28)9-13-3-5-14(20)6-4-13/h3-7,10H,8-9H2,1-2H3,(H,21,27). The van der Waals surface area contributed by atoms with Gasteiger partial charge in [0.15, 0.2) is 5.13 Å². The third kappa shape index (κ3) is 4.06. The molecule has 0 unspecified atom stereocenters. The number of carbonyl (C=O) groups is 1. The molecule has 0 bridgehead atoms. The van der Waals surface area contributed by atoms with Gasteiger partial charge >= 0.3 is 5.69 Å². The molecular weight excluding hydrogens is 411 g/mol. The van der Waals surface area contributed by atoms with Crippen LogP contribution in [0, 0.1) is 19.7 Å². The Morgan fingerprint density at radius 3 is 2.73 bits per heavy atom. The number of rotatable bonds is 6. The summed E-state index contributed by atoms with van der Waals surface area (Å²) in [6.07, 6.45) is 1.35. The van der Waals surface area contributed by atoms with Crippen LogP contribution in [0.3, 0.4) is 0 Å². The van der Waals surface area contributed by atoms with E-state index in [0.29, 0.717) is 27.2 Å². The van der Waals surface area contributed by atoms with Crippen LogP contribution < -0.4 is 11.0 Å². The zero-order valence-corrected chi connectivity index (χ0v) is 16.9. The Morgan fingerprint density at radius 2 is 2.03 bits per heavy atom. The second kappa shape index (κ2) is 8.03. The van der Waals surface area contributed by atoms with E-state index in [1.54, 1.807) is 32.0 Å². The predicted molar refractivity (Wildman–Crippen MR) is 106 cm³/mol. The van der Waals surface area contributed by atoms with Crippen LogP contribution in [0.2, 0.25) is 0 Å². The molecule has 0 aliphatic rings. The van der Waals surface area contributed by atoms with Gasteiger partial charge in [0.05, 0.1) is 18.8 Å². The van der Waals surface area contributed by atoms with E-state index in [4.69, 9.17) is 4.52 Å². The van der Waals surface area contributed by atoms with E-state index in [0.717, 1.165) is 16.9 Å². The lowest BCUT2D eigenvalue weighted by atomic mass is 10.2. The SMILES string of the molecule is Cc1cc(CNC(=O)c2sc(-n3cnn(Cc4ccc(F)cc4)c3=O)nc2C)no1. The maximum Gasteiger partial charge on any atom is 0.352 e. The van der Waals surface area contributed by atoms with Crippen molar-refractivity contribution in [1.82, 2.24) is 29.8 Å². The Morgan fingerprint density at radius 1 is 1.27 bits per heavy atom. The highest BCUT2D eigenvalue weighted by Gasteiger charge is 2.18. The molecule has 154 valence electrons. The van der Waals surface area contributed by atoms with Gasteiger partial charge in [0.2, 0.25) is 0 Å². The normalized spacial score (nSPS) is 11.0. The van der Waals surface area contributed by atoms with Crippen molar-refractivity contribution in [1.29, 1.82) is 0 Å². The topological polar surface area (TPSA) is 108 Å². The molecular formula is C19H17FN6O3S. The largest absolute Gasteiger partial charge is 0.361 e. The van der Waals surface area contributed by atoms with Gasteiger partial charge in [0, 0.05) is 6.07 Å². The average Bonchev–Trinajstić information content (AvgIpc) is 3.41. The number of amides is 1. The summed E-state index contributed by atoms with van der Waals surface area (Å²) >= 11 is 1.09. The molecule has 30 heavy (non-hydrogen) atoms. The smallest absolute Gasteiger partial charge is 0.352 e. The summed E-state index contributed by atoms with van der Waals surface area (Å²) in [5.41, 5.74) is 1.45. The summed E-state index contributed by atoms with van der Waals surface area (Å²) in [7, 11) is 0. The summed E-state index contributed by atoms with van der Waals surface area (Å²) < 4.78 is 20.6. The van der Waals surface area contributed by atoms with Gasteiger partial charge in [-0.05, 0) is 31.5 Å². The number of hydrogen-bond acceptors (Lipinski definition) is 7. The number of hydrogen-bond donors (Lipinski definition) is 1. The highest BCUT2D eigenvalue weighted by atomic mass is 32.1. The van der Waals surface area contributed by atoms with Crippen LogP contribution in [0.25, 0.3) is 5.13 Å². The molecule has 3 heterocycles. The fourth-order valence-corrected chi connectivity index (χ4v) is 3.73. The van der Waals surface area contributed by atoms with Crippen molar-refractivity contribution in [3.8, 4) is 5.13 Å². The van der Waals surface area contributed by atoms with Crippen molar-refractivity contribution in [2.45, 2.75) is 26.9 Å². The van der Waals surface area contributed by atoms with E-state index >= 15 is 0 Å². The molecule has 0 saturated heterocycles. The fourth-order valence-electron chi connectivity index (χ4n) is 2.79. The maximum atomic E-state index is 13.1. The minimum atomic E-state index is -0.405. The Balaban J connectivity index is 1.51. The van der Waals surface area contributed by atoms with Gasteiger partial charge in [0.1, 0.15) is 28.5 Å². The number of nitrogens with zero attached hydrogens (tertiary/aromatic N) is 5. The second-order valence-electron chi connectivity index (χ2n) is 6.59. The summed E-state index contributed by atoms with van der Waals surface area (Å²) in [5.74, 6) is -0.00411. The molecule has 0 radical (unpaired) electrons. The fraction of sp³-hybridized carbons (Fsp3) is 0.211. The van der Waals surface area contributed by atoms with Gasteiger partial charge < -0.3 is 9.84 Å². The molecule has 0 saturated carbocycles.